The molecule has 0 atom stereocenters. The Labute approximate surface area is 404 Å². The Morgan fingerprint density at radius 3 is 1.09 bits per heavy atom. The quantitative estimate of drug-likeness (QED) is 0.124. The van der Waals surface area contributed by atoms with Crippen molar-refractivity contribution in [3.05, 3.63) is 285 Å². The Bertz CT molecular complexity index is 3720. The molecule has 0 saturated carbocycles. The predicted octanol–water partition coefficient (Wildman–Crippen LogP) is 19.1. The minimum Gasteiger partial charge on any atom is -0.310 e. The fraction of sp³-hybridized carbons (Fsp3) is 0. The predicted molar refractivity (Wildman–Crippen MR) is 294 cm³/mol. The second kappa shape index (κ2) is 18.3. The lowest BCUT2D eigenvalue weighted by molar-refractivity contribution is 1.28. The van der Waals surface area contributed by atoms with E-state index in [1.165, 1.54) is 99.4 Å². The van der Waals surface area contributed by atoms with Crippen molar-refractivity contribution in [3.63, 3.8) is 0 Å². The molecular weight excluding hydrogens is 831 g/mol. The van der Waals surface area contributed by atoms with Crippen molar-refractivity contribution in [2.75, 3.05) is 4.90 Å². The normalized spacial score (nSPS) is 11.2. The average Bonchev–Trinajstić information content (AvgIpc) is 3.44. The van der Waals surface area contributed by atoms with Gasteiger partial charge in [0.15, 0.2) is 0 Å². The third-order valence-electron chi connectivity index (χ3n) is 13.5. The molecule has 0 aromatic heterocycles. The fourth-order valence-electron chi connectivity index (χ4n) is 10.2. The Morgan fingerprint density at radius 1 is 0.174 bits per heavy atom. The first-order valence-electron chi connectivity index (χ1n) is 23.7. The average molecular weight is 878 g/mol. The van der Waals surface area contributed by atoms with Gasteiger partial charge >= 0.3 is 0 Å². The van der Waals surface area contributed by atoms with Crippen LogP contribution in [-0.4, -0.2) is 0 Å². The molecule has 0 radical (unpaired) electrons. The summed E-state index contributed by atoms with van der Waals surface area (Å²) in [5, 5.41) is 4.99. The number of fused-ring (bicyclic) bond motifs is 3. The zero-order chi connectivity index (χ0) is 45.9. The molecule has 324 valence electrons. The van der Waals surface area contributed by atoms with Crippen LogP contribution in [0.3, 0.4) is 0 Å². The van der Waals surface area contributed by atoms with Crippen molar-refractivity contribution >= 4 is 38.6 Å². The van der Waals surface area contributed by atoms with Crippen LogP contribution in [0.15, 0.2) is 285 Å². The van der Waals surface area contributed by atoms with Crippen LogP contribution in [0.2, 0.25) is 0 Å². The first-order chi connectivity index (χ1) is 34.2. The Balaban J connectivity index is 0.968. The summed E-state index contributed by atoms with van der Waals surface area (Å²) in [4.78, 5) is 2.38. The molecule has 69 heavy (non-hydrogen) atoms. The number of anilines is 3. The minimum atomic E-state index is 1.08. The van der Waals surface area contributed by atoms with Gasteiger partial charge in [0.2, 0.25) is 0 Å². The lowest BCUT2D eigenvalue weighted by Gasteiger charge is -2.27. The molecule has 0 aliphatic heterocycles. The van der Waals surface area contributed by atoms with E-state index in [4.69, 9.17) is 0 Å². The topological polar surface area (TPSA) is 3.24 Å². The molecule has 0 amide bonds. The summed E-state index contributed by atoms with van der Waals surface area (Å²) < 4.78 is 0. The lowest BCUT2D eigenvalue weighted by atomic mass is 9.84. The molecule has 0 unspecified atom stereocenters. The Morgan fingerprint density at radius 2 is 0.536 bits per heavy atom. The number of nitrogens with zero attached hydrogens (tertiary/aromatic N) is 1. The van der Waals surface area contributed by atoms with Gasteiger partial charge in [-0.05, 0) is 142 Å². The third kappa shape index (κ3) is 7.97. The van der Waals surface area contributed by atoms with Crippen LogP contribution in [0, 0.1) is 0 Å². The maximum Gasteiger partial charge on any atom is 0.0467 e. The molecule has 12 aromatic carbocycles. The van der Waals surface area contributed by atoms with E-state index in [1.54, 1.807) is 0 Å². The van der Waals surface area contributed by atoms with Crippen molar-refractivity contribution in [1.29, 1.82) is 0 Å². The standard InChI is InChI=1S/C68H47N/c1-6-20-48(21-7-1)55-30-18-31-59(46-55)69(58-43-38-51(39-44-58)61-35-19-34-60(50-22-8-2-9-23-50)66(61)52-24-10-3-11-25-52)57-41-36-49(37-42-57)56-40-45-64-65(47-56)62-32-16-17-33-63(62)67(53-26-12-4-13-27-53)68(64)54-28-14-5-15-29-54/h1-47H. The van der Waals surface area contributed by atoms with E-state index in [2.05, 4.69) is 290 Å². The van der Waals surface area contributed by atoms with Gasteiger partial charge in [-0.15, -0.1) is 0 Å². The molecule has 1 heteroatoms. The van der Waals surface area contributed by atoms with Crippen LogP contribution < -0.4 is 4.90 Å². The number of rotatable bonds is 10. The van der Waals surface area contributed by atoms with Gasteiger partial charge < -0.3 is 4.90 Å². The summed E-state index contributed by atoms with van der Waals surface area (Å²) in [6.07, 6.45) is 0. The summed E-state index contributed by atoms with van der Waals surface area (Å²) in [6.45, 7) is 0. The Kier molecular flexibility index (Phi) is 11.0. The van der Waals surface area contributed by atoms with E-state index in [9.17, 15) is 0 Å². The highest BCUT2D eigenvalue weighted by Gasteiger charge is 2.20. The van der Waals surface area contributed by atoms with Gasteiger partial charge in [-0.3, -0.25) is 0 Å². The summed E-state index contributed by atoms with van der Waals surface area (Å²) >= 11 is 0. The number of hydrogen-bond acceptors (Lipinski definition) is 1. The highest BCUT2D eigenvalue weighted by Crippen LogP contribution is 2.47. The smallest absolute Gasteiger partial charge is 0.0467 e. The zero-order valence-corrected chi connectivity index (χ0v) is 38.1. The molecule has 0 saturated heterocycles. The van der Waals surface area contributed by atoms with E-state index in [0.717, 1.165) is 17.1 Å². The van der Waals surface area contributed by atoms with Crippen LogP contribution in [0.25, 0.3) is 99.4 Å². The molecule has 12 aromatic rings. The summed E-state index contributed by atoms with van der Waals surface area (Å²) in [5.41, 5.74) is 20.1. The van der Waals surface area contributed by atoms with Gasteiger partial charge in [0.25, 0.3) is 0 Å². The van der Waals surface area contributed by atoms with Gasteiger partial charge in [0.1, 0.15) is 0 Å². The van der Waals surface area contributed by atoms with E-state index in [-0.39, 0.29) is 0 Å². The van der Waals surface area contributed by atoms with Crippen molar-refractivity contribution in [2.24, 2.45) is 0 Å². The number of benzene rings is 12. The van der Waals surface area contributed by atoms with Gasteiger partial charge in [-0.2, -0.15) is 0 Å². The second-order valence-electron chi connectivity index (χ2n) is 17.6. The van der Waals surface area contributed by atoms with Gasteiger partial charge in [0.05, 0.1) is 0 Å². The molecule has 0 aliphatic carbocycles. The Hall–Kier alpha value is -9.04. The van der Waals surface area contributed by atoms with E-state index in [0.29, 0.717) is 0 Å². The second-order valence-corrected chi connectivity index (χ2v) is 17.6. The van der Waals surface area contributed by atoms with Crippen LogP contribution in [-0.2, 0) is 0 Å². The molecule has 0 spiro atoms. The van der Waals surface area contributed by atoms with E-state index < -0.39 is 0 Å². The summed E-state index contributed by atoms with van der Waals surface area (Å²) in [7, 11) is 0. The first kappa shape index (κ1) is 41.4. The van der Waals surface area contributed by atoms with E-state index >= 15 is 0 Å². The third-order valence-corrected chi connectivity index (χ3v) is 13.5. The van der Waals surface area contributed by atoms with Crippen LogP contribution in [0.4, 0.5) is 17.1 Å². The fourth-order valence-corrected chi connectivity index (χ4v) is 10.2. The van der Waals surface area contributed by atoms with Gasteiger partial charge in [-0.1, -0.05) is 243 Å². The van der Waals surface area contributed by atoms with Crippen molar-refractivity contribution in [3.8, 4) is 77.9 Å². The first-order valence-corrected chi connectivity index (χ1v) is 23.7. The van der Waals surface area contributed by atoms with Crippen LogP contribution >= 0.6 is 0 Å². The van der Waals surface area contributed by atoms with Gasteiger partial charge in [-0.25, -0.2) is 0 Å². The highest BCUT2D eigenvalue weighted by molar-refractivity contribution is 6.22. The molecule has 0 fully saturated rings. The molecular formula is C68H47N. The van der Waals surface area contributed by atoms with Crippen molar-refractivity contribution in [2.45, 2.75) is 0 Å². The molecule has 0 heterocycles. The van der Waals surface area contributed by atoms with Crippen molar-refractivity contribution < 1.29 is 0 Å². The monoisotopic (exact) mass is 877 g/mol. The molecule has 0 N–H and O–H groups in total. The van der Waals surface area contributed by atoms with E-state index in [1.807, 2.05) is 0 Å². The molecule has 12 rings (SSSR count). The minimum absolute atomic E-state index is 1.08. The maximum absolute atomic E-state index is 2.39. The molecule has 0 aliphatic rings. The SMILES string of the molecule is c1ccc(-c2cccc(N(c3ccc(-c4ccc5c(-c6ccccc6)c(-c6ccccc6)c6ccccc6c5c4)cc3)c3ccc(-c4cccc(-c5ccccc5)c4-c4ccccc4)cc3)c2)cc1. The summed E-state index contributed by atoms with van der Waals surface area (Å²) in [6, 6.07) is 103. The molecule has 0 bridgehead atoms. The van der Waals surface area contributed by atoms with Gasteiger partial charge in [0, 0.05) is 17.1 Å². The highest BCUT2D eigenvalue weighted by atomic mass is 15.1. The largest absolute Gasteiger partial charge is 0.310 e. The summed E-state index contributed by atoms with van der Waals surface area (Å²) in [5.74, 6) is 0. The lowest BCUT2D eigenvalue weighted by Crippen LogP contribution is -2.10. The maximum atomic E-state index is 2.39. The zero-order valence-electron chi connectivity index (χ0n) is 38.1. The number of hydrogen-bond donors (Lipinski definition) is 0. The molecule has 1 nitrogen and oxygen atoms in total. The van der Waals surface area contributed by atoms with Crippen LogP contribution in [0.5, 0.6) is 0 Å². The van der Waals surface area contributed by atoms with Crippen molar-refractivity contribution in [1.82, 2.24) is 0 Å². The van der Waals surface area contributed by atoms with Crippen LogP contribution in [0.1, 0.15) is 0 Å².